The third-order valence-electron chi connectivity index (χ3n) is 6.51. The lowest BCUT2D eigenvalue weighted by Crippen LogP contribution is -2.55. The summed E-state index contributed by atoms with van der Waals surface area (Å²) in [5.74, 6) is 1.49. The number of fused-ring (bicyclic) bond motifs is 1. The molecule has 0 unspecified atom stereocenters. The number of hydrogen-bond acceptors (Lipinski definition) is 7. The minimum atomic E-state index is -3.55. The second-order valence-electron chi connectivity index (χ2n) is 9.46. The van der Waals surface area contributed by atoms with Crippen LogP contribution < -0.4 is 19.8 Å². The van der Waals surface area contributed by atoms with Crippen molar-refractivity contribution in [2.45, 2.75) is 69.9 Å². The fourth-order valence-electron chi connectivity index (χ4n) is 4.65. The fourth-order valence-corrected chi connectivity index (χ4v) is 5.86. The van der Waals surface area contributed by atoms with Gasteiger partial charge >= 0.3 is 0 Å². The van der Waals surface area contributed by atoms with Gasteiger partial charge in [0.25, 0.3) is 0 Å². The maximum atomic E-state index is 13.0. The van der Waals surface area contributed by atoms with E-state index in [2.05, 4.69) is 19.9 Å². The minimum Gasteiger partial charge on any atom is -0.340 e. The van der Waals surface area contributed by atoms with E-state index < -0.39 is 10.0 Å². The molecule has 0 spiro atoms. The number of carbonyl (C=O) groups is 1. The van der Waals surface area contributed by atoms with Crippen molar-refractivity contribution < 1.29 is 13.2 Å². The second-order valence-corrected chi connectivity index (χ2v) is 11.2. The maximum Gasteiger partial charge on any atom is 0.249 e. The molecule has 1 aliphatic carbocycles. The Labute approximate surface area is 202 Å². The summed E-state index contributed by atoms with van der Waals surface area (Å²) in [6.45, 7) is 6.34. The van der Waals surface area contributed by atoms with E-state index in [0.29, 0.717) is 36.3 Å². The van der Waals surface area contributed by atoms with Crippen molar-refractivity contribution in [3.05, 3.63) is 30.5 Å². The minimum absolute atomic E-state index is 0.0779. The molecule has 0 bridgehead atoms. The first-order valence-corrected chi connectivity index (χ1v) is 13.5. The molecular weight excluding hydrogens is 452 g/mol. The van der Waals surface area contributed by atoms with E-state index in [-0.39, 0.29) is 22.8 Å². The molecule has 2 aromatic rings. The highest BCUT2D eigenvalue weighted by molar-refractivity contribution is 7.89. The van der Waals surface area contributed by atoms with Crippen molar-refractivity contribution in [1.82, 2.24) is 14.7 Å². The van der Waals surface area contributed by atoms with Crippen molar-refractivity contribution in [3.8, 4) is 0 Å². The lowest BCUT2D eigenvalue weighted by atomic mass is 10.0. The molecule has 1 atom stereocenters. The van der Waals surface area contributed by atoms with Crippen molar-refractivity contribution in [1.29, 1.82) is 0 Å². The number of nitrogens with zero attached hydrogens (tertiary/aromatic N) is 4. The van der Waals surface area contributed by atoms with Gasteiger partial charge in [0.15, 0.2) is 5.82 Å². The normalized spacial score (nSPS) is 19.1. The zero-order chi connectivity index (χ0) is 24.5. The number of hydrogen-bond donors (Lipinski definition) is 2. The molecule has 1 aliphatic heterocycles. The van der Waals surface area contributed by atoms with Gasteiger partial charge in [-0.2, -0.15) is 4.98 Å². The maximum absolute atomic E-state index is 13.0. The zero-order valence-electron chi connectivity index (χ0n) is 20.3. The molecule has 4 rings (SSSR count). The van der Waals surface area contributed by atoms with Crippen LogP contribution in [0.1, 0.15) is 52.9 Å². The molecule has 10 heteroatoms. The zero-order valence-corrected chi connectivity index (χ0v) is 21.1. The van der Waals surface area contributed by atoms with Crippen LogP contribution in [-0.2, 0) is 14.8 Å². The molecule has 1 aromatic heterocycles. The summed E-state index contributed by atoms with van der Waals surface area (Å²) in [5, 5.41) is 3.19. The van der Waals surface area contributed by atoms with Crippen LogP contribution >= 0.6 is 0 Å². The quantitative estimate of drug-likeness (QED) is 0.586. The number of carbonyl (C=O) groups excluding carboxylic acids is 1. The summed E-state index contributed by atoms with van der Waals surface area (Å²) in [6.07, 6.45) is 6.83. The summed E-state index contributed by atoms with van der Waals surface area (Å²) in [7, 11) is -1.77. The molecular formula is C24H34N6O3S. The molecule has 2 aliphatic rings. The van der Waals surface area contributed by atoms with E-state index in [9.17, 15) is 13.2 Å². The molecule has 34 heavy (non-hydrogen) atoms. The van der Waals surface area contributed by atoms with E-state index >= 15 is 0 Å². The van der Waals surface area contributed by atoms with E-state index in [1.54, 1.807) is 42.4 Å². The Morgan fingerprint density at radius 3 is 2.44 bits per heavy atom. The third-order valence-corrected chi connectivity index (χ3v) is 7.95. The van der Waals surface area contributed by atoms with Gasteiger partial charge in [-0.05, 0) is 49.4 Å². The van der Waals surface area contributed by atoms with Crippen LogP contribution in [0.15, 0.2) is 35.4 Å². The number of sulfonamides is 1. The van der Waals surface area contributed by atoms with Crippen LogP contribution in [0.25, 0.3) is 0 Å². The van der Waals surface area contributed by atoms with Gasteiger partial charge in [0.05, 0.1) is 11.1 Å². The van der Waals surface area contributed by atoms with Gasteiger partial charge in [-0.25, -0.2) is 18.1 Å². The number of rotatable bonds is 8. The number of nitrogens with one attached hydrogen (secondary N) is 2. The van der Waals surface area contributed by atoms with Gasteiger partial charge in [0.2, 0.25) is 21.9 Å². The summed E-state index contributed by atoms with van der Waals surface area (Å²) in [6, 6.07) is 6.60. The van der Waals surface area contributed by atoms with Crippen molar-refractivity contribution in [2.24, 2.45) is 5.92 Å². The first-order valence-electron chi connectivity index (χ1n) is 12.0. The van der Waals surface area contributed by atoms with Crippen LogP contribution in [-0.4, -0.2) is 50.0 Å². The lowest BCUT2D eigenvalue weighted by Gasteiger charge is -2.43. The third kappa shape index (κ3) is 4.88. The fraction of sp³-hybridized carbons (Fsp3) is 0.542. The molecule has 1 fully saturated rings. The topological polar surface area (TPSA) is 108 Å². The van der Waals surface area contributed by atoms with E-state index in [0.717, 1.165) is 31.5 Å². The summed E-state index contributed by atoms with van der Waals surface area (Å²) >= 11 is 0. The molecule has 1 aromatic carbocycles. The highest BCUT2D eigenvalue weighted by Gasteiger charge is 2.41. The van der Waals surface area contributed by atoms with E-state index in [1.807, 2.05) is 20.8 Å². The van der Waals surface area contributed by atoms with Gasteiger partial charge in [0.1, 0.15) is 11.7 Å². The number of aromatic nitrogens is 2. The first-order chi connectivity index (χ1) is 16.2. The Hall–Kier alpha value is -2.72. The van der Waals surface area contributed by atoms with Gasteiger partial charge in [-0.1, -0.05) is 33.6 Å². The lowest BCUT2D eigenvalue weighted by molar-refractivity contribution is -0.120. The molecule has 0 saturated heterocycles. The molecule has 184 valence electrons. The van der Waals surface area contributed by atoms with Crippen molar-refractivity contribution in [2.75, 3.05) is 28.7 Å². The average Bonchev–Trinajstić information content (AvgIpc) is 3.35. The molecule has 1 saturated carbocycles. The molecule has 0 radical (unpaired) electrons. The summed E-state index contributed by atoms with van der Waals surface area (Å²) < 4.78 is 27.5. The van der Waals surface area contributed by atoms with Gasteiger partial charge < -0.3 is 15.1 Å². The monoisotopic (exact) mass is 486 g/mol. The Kier molecular flexibility index (Phi) is 7.09. The summed E-state index contributed by atoms with van der Waals surface area (Å²) in [4.78, 5) is 26.3. The van der Waals surface area contributed by atoms with Gasteiger partial charge in [-0.15, -0.1) is 0 Å². The highest BCUT2D eigenvalue weighted by Crippen LogP contribution is 2.40. The second kappa shape index (κ2) is 9.87. The molecule has 2 heterocycles. The predicted molar refractivity (Wildman–Crippen MR) is 134 cm³/mol. The summed E-state index contributed by atoms with van der Waals surface area (Å²) in [5.41, 5.74) is 1.40. The predicted octanol–water partition coefficient (Wildman–Crippen LogP) is 3.66. The smallest absolute Gasteiger partial charge is 0.249 e. The van der Waals surface area contributed by atoms with Crippen molar-refractivity contribution >= 4 is 39.1 Å². The molecule has 1 amide bonds. The van der Waals surface area contributed by atoms with Gasteiger partial charge in [-0.3, -0.25) is 4.79 Å². The standard InChI is InChI=1S/C24H34N6O3S/c1-5-20-23(31)29(4)21-15-25-24(28-22(21)30(20)18-8-6-7-9-18)27-17-10-12-19(13-11-17)34(32,33)26-14-16(2)3/h10-13,15-16,18,20,26H,5-9,14H2,1-4H3,(H,25,27,28)/t20-/m1/s1. The van der Waals surface area contributed by atoms with E-state index in [4.69, 9.17) is 4.98 Å². The number of likely N-dealkylation sites (N-methyl/N-ethyl adjacent to an activating group) is 1. The Balaban J connectivity index is 1.59. The van der Waals surface area contributed by atoms with E-state index in [1.165, 1.54) is 0 Å². The van der Waals surface area contributed by atoms with Crippen LogP contribution in [0.4, 0.5) is 23.1 Å². The Morgan fingerprint density at radius 2 is 1.82 bits per heavy atom. The van der Waals surface area contributed by atoms with Gasteiger partial charge in [0, 0.05) is 25.3 Å². The Morgan fingerprint density at radius 1 is 1.15 bits per heavy atom. The SMILES string of the molecule is CC[C@@H]1C(=O)N(C)c2cnc(Nc3ccc(S(=O)(=O)NCC(C)C)cc3)nc2N1C1CCCC1. The number of amides is 1. The number of benzene rings is 1. The molecule has 9 nitrogen and oxygen atoms in total. The van der Waals surface area contributed by atoms with Crippen LogP contribution in [0.3, 0.4) is 0 Å². The largest absolute Gasteiger partial charge is 0.340 e. The first kappa shape index (κ1) is 24.4. The van der Waals surface area contributed by atoms with Crippen LogP contribution in [0.5, 0.6) is 0 Å². The highest BCUT2D eigenvalue weighted by atomic mass is 32.2. The van der Waals surface area contributed by atoms with Crippen molar-refractivity contribution in [3.63, 3.8) is 0 Å². The number of anilines is 4. The van der Waals surface area contributed by atoms with Crippen LogP contribution in [0, 0.1) is 5.92 Å². The van der Waals surface area contributed by atoms with Crippen LogP contribution in [0.2, 0.25) is 0 Å². The average molecular weight is 487 g/mol. The molecule has 2 N–H and O–H groups in total. The Bertz CT molecular complexity index is 1130.